The highest BCUT2D eigenvalue weighted by Crippen LogP contribution is 2.35. The van der Waals surface area contributed by atoms with Crippen LogP contribution in [0.3, 0.4) is 0 Å². The first kappa shape index (κ1) is 14.7. The number of halogens is 1. The average molecular weight is 337 g/mol. The minimum absolute atomic E-state index is 0.105. The van der Waals surface area contributed by atoms with Gasteiger partial charge < -0.3 is 10.3 Å². The van der Waals surface area contributed by atoms with Crippen LogP contribution in [0, 0.1) is 11.3 Å². The smallest absolute Gasteiger partial charge is 0.253 e. The van der Waals surface area contributed by atoms with E-state index in [-0.39, 0.29) is 5.91 Å². The summed E-state index contributed by atoms with van der Waals surface area (Å²) < 4.78 is 0. The highest BCUT2D eigenvalue weighted by molar-refractivity contribution is 6.32. The maximum Gasteiger partial charge on any atom is 0.253 e. The molecule has 0 spiro atoms. The number of nitriles is 1. The largest absolute Gasteiger partial charge is 0.359 e. The third kappa shape index (κ3) is 1.93. The average Bonchev–Trinajstić information content (AvgIpc) is 3.06. The molecule has 0 unspecified atom stereocenters. The van der Waals surface area contributed by atoms with Crippen molar-refractivity contribution in [2.45, 2.75) is 19.4 Å². The SMILES string of the molecule is CC1(C)NC(=O)c2ccc(-c3c[nH]c4c(C#N)c(Cl)ccc34)nc21. The van der Waals surface area contributed by atoms with Crippen molar-refractivity contribution < 1.29 is 4.79 Å². The number of carbonyl (C=O) groups is 1. The molecule has 1 amide bonds. The number of aromatic nitrogens is 2. The molecule has 1 aliphatic heterocycles. The lowest BCUT2D eigenvalue weighted by molar-refractivity contribution is 0.0940. The first-order chi connectivity index (χ1) is 11.4. The maximum absolute atomic E-state index is 12.0. The number of carbonyl (C=O) groups excluding carboxylic acids is 1. The highest BCUT2D eigenvalue weighted by atomic mass is 35.5. The Balaban J connectivity index is 1.95. The number of nitrogens with zero attached hydrogens (tertiary/aromatic N) is 2. The molecule has 2 aromatic heterocycles. The molecule has 1 aliphatic rings. The van der Waals surface area contributed by atoms with E-state index in [9.17, 15) is 10.1 Å². The van der Waals surface area contributed by atoms with E-state index in [2.05, 4.69) is 16.4 Å². The van der Waals surface area contributed by atoms with Gasteiger partial charge >= 0.3 is 0 Å². The zero-order chi connectivity index (χ0) is 17.1. The monoisotopic (exact) mass is 336 g/mol. The molecule has 0 radical (unpaired) electrons. The number of benzene rings is 1. The van der Waals surface area contributed by atoms with Crippen molar-refractivity contribution in [3.63, 3.8) is 0 Å². The molecule has 3 heterocycles. The molecule has 0 fully saturated rings. The molecule has 4 rings (SSSR count). The van der Waals surface area contributed by atoms with Gasteiger partial charge in [-0.25, -0.2) is 4.98 Å². The molecule has 24 heavy (non-hydrogen) atoms. The van der Waals surface area contributed by atoms with E-state index in [0.717, 1.165) is 22.3 Å². The second-order valence-corrected chi connectivity index (χ2v) is 6.74. The number of rotatable bonds is 1. The van der Waals surface area contributed by atoms with Gasteiger partial charge in [-0.3, -0.25) is 4.79 Å². The molecular formula is C18H13ClN4O. The number of fused-ring (bicyclic) bond motifs is 2. The molecule has 2 N–H and O–H groups in total. The molecule has 0 saturated carbocycles. The predicted molar refractivity (Wildman–Crippen MR) is 91.7 cm³/mol. The van der Waals surface area contributed by atoms with E-state index in [0.29, 0.717) is 21.7 Å². The van der Waals surface area contributed by atoms with E-state index in [4.69, 9.17) is 16.6 Å². The molecule has 6 heteroatoms. The number of H-pyrrole nitrogens is 1. The third-order valence-electron chi connectivity index (χ3n) is 4.35. The number of hydrogen-bond donors (Lipinski definition) is 2. The van der Waals surface area contributed by atoms with Gasteiger partial charge in [0.1, 0.15) is 6.07 Å². The molecular weight excluding hydrogens is 324 g/mol. The van der Waals surface area contributed by atoms with Crippen molar-refractivity contribution >= 4 is 28.4 Å². The Kier molecular flexibility index (Phi) is 2.96. The molecule has 118 valence electrons. The van der Waals surface area contributed by atoms with E-state index >= 15 is 0 Å². The van der Waals surface area contributed by atoms with Crippen molar-refractivity contribution in [1.82, 2.24) is 15.3 Å². The van der Waals surface area contributed by atoms with E-state index in [1.807, 2.05) is 32.2 Å². The number of nitrogens with one attached hydrogen (secondary N) is 2. The highest BCUT2D eigenvalue weighted by Gasteiger charge is 2.36. The molecule has 5 nitrogen and oxygen atoms in total. The molecule has 3 aromatic rings. The lowest BCUT2D eigenvalue weighted by atomic mass is 9.99. The molecule has 0 saturated heterocycles. The Hall–Kier alpha value is -2.84. The summed E-state index contributed by atoms with van der Waals surface area (Å²) in [6, 6.07) is 9.32. The van der Waals surface area contributed by atoms with E-state index in [1.54, 1.807) is 12.1 Å². The fourth-order valence-electron chi connectivity index (χ4n) is 3.17. The standard InChI is InChI=1S/C18H13ClN4O/c1-18(2)16-10(17(24)23-18)4-6-14(22-16)12-8-21-15-9(12)3-5-13(19)11(15)7-20/h3-6,8,21H,1-2H3,(H,23,24). The van der Waals surface area contributed by atoms with Gasteiger partial charge in [0.15, 0.2) is 0 Å². The van der Waals surface area contributed by atoms with Crippen LogP contribution in [-0.2, 0) is 5.54 Å². The van der Waals surface area contributed by atoms with Gasteiger partial charge in [-0.2, -0.15) is 5.26 Å². The van der Waals surface area contributed by atoms with Gasteiger partial charge in [-0.15, -0.1) is 0 Å². The Morgan fingerprint density at radius 3 is 2.75 bits per heavy atom. The summed E-state index contributed by atoms with van der Waals surface area (Å²) in [4.78, 5) is 19.8. The van der Waals surface area contributed by atoms with Gasteiger partial charge in [-0.05, 0) is 32.0 Å². The number of aromatic amines is 1. The first-order valence-electron chi connectivity index (χ1n) is 7.46. The first-order valence-corrected chi connectivity index (χ1v) is 7.84. The van der Waals surface area contributed by atoms with E-state index < -0.39 is 5.54 Å². The van der Waals surface area contributed by atoms with Gasteiger partial charge in [0, 0.05) is 17.1 Å². The van der Waals surface area contributed by atoms with Crippen LogP contribution in [0.5, 0.6) is 0 Å². The van der Waals surface area contributed by atoms with Gasteiger partial charge in [-0.1, -0.05) is 17.7 Å². The lowest BCUT2D eigenvalue weighted by Crippen LogP contribution is -2.33. The van der Waals surface area contributed by atoms with Crippen LogP contribution in [0.2, 0.25) is 5.02 Å². The minimum atomic E-state index is -0.504. The van der Waals surface area contributed by atoms with Crippen LogP contribution in [-0.4, -0.2) is 15.9 Å². The van der Waals surface area contributed by atoms with Crippen LogP contribution in [0.15, 0.2) is 30.5 Å². The summed E-state index contributed by atoms with van der Waals surface area (Å²) in [6.07, 6.45) is 1.81. The third-order valence-corrected chi connectivity index (χ3v) is 4.67. The van der Waals surface area contributed by atoms with Crippen LogP contribution >= 0.6 is 11.6 Å². The van der Waals surface area contributed by atoms with Crippen LogP contribution in [0.1, 0.15) is 35.5 Å². The summed E-state index contributed by atoms with van der Waals surface area (Å²) in [5.74, 6) is -0.105. The summed E-state index contributed by atoms with van der Waals surface area (Å²) >= 11 is 6.08. The maximum atomic E-state index is 12.0. The quantitative estimate of drug-likeness (QED) is 0.710. The van der Waals surface area contributed by atoms with Crippen molar-refractivity contribution in [1.29, 1.82) is 5.26 Å². The predicted octanol–water partition coefficient (Wildman–Crippen LogP) is 3.73. The van der Waals surface area contributed by atoms with Gasteiger partial charge in [0.25, 0.3) is 5.91 Å². The number of amides is 1. The van der Waals surface area contributed by atoms with Crippen molar-refractivity contribution in [2.24, 2.45) is 0 Å². The Morgan fingerprint density at radius 2 is 2.00 bits per heavy atom. The second-order valence-electron chi connectivity index (χ2n) is 6.33. The summed E-state index contributed by atoms with van der Waals surface area (Å²) in [6.45, 7) is 3.85. The summed E-state index contributed by atoms with van der Waals surface area (Å²) in [5, 5.41) is 13.5. The van der Waals surface area contributed by atoms with Crippen LogP contribution in [0.25, 0.3) is 22.2 Å². The van der Waals surface area contributed by atoms with Gasteiger partial charge in [0.05, 0.1) is 38.6 Å². The van der Waals surface area contributed by atoms with Gasteiger partial charge in [0.2, 0.25) is 0 Å². The number of pyridine rings is 1. The molecule has 1 aromatic carbocycles. The fourth-order valence-corrected chi connectivity index (χ4v) is 3.37. The fraction of sp³-hybridized carbons (Fsp3) is 0.167. The van der Waals surface area contributed by atoms with E-state index in [1.165, 1.54) is 0 Å². The Bertz CT molecular complexity index is 1060. The summed E-state index contributed by atoms with van der Waals surface area (Å²) in [7, 11) is 0. The second kappa shape index (κ2) is 4.83. The normalized spacial score (nSPS) is 15.2. The zero-order valence-electron chi connectivity index (χ0n) is 13.1. The van der Waals surface area contributed by atoms with Crippen molar-refractivity contribution in [2.75, 3.05) is 0 Å². The minimum Gasteiger partial charge on any atom is -0.359 e. The summed E-state index contributed by atoms with van der Waals surface area (Å²) in [5.41, 5.74) is 3.55. The van der Waals surface area contributed by atoms with Crippen LogP contribution < -0.4 is 5.32 Å². The Morgan fingerprint density at radius 1 is 1.21 bits per heavy atom. The molecule has 0 atom stereocenters. The lowest BCUT2D eigenvalue weighted by Gasteiger charge is -2.18. The molecule has 0 bridgehead atoms. The van der Waals surface area contributed by atoms with Crippen molar-refractivity contribution in [3.05, 3.63) is 52.3 Å². The zero-order valence-corrected chi connectivity index (χ0v) is 13.8. The number of hydrogen-bond acceptors (Lipinski definition) is 3. The molecule has 0 aliphatic carbocycles. The van der Waals surface area contributed by atoms with Crippen molar-refractivity contribution in [3.8, 4) is 17.3 Å². The van der Waals surface area contributed by atoms with Crippen LogP contribution in [0.4, 0.5) is 0 Å². The topological polar surface area (TPSA) is 81.6 Å². The Labute approximate surface area is 143 Å².